The number of H-pyrrole nitrogens is 1. The van der Waals surface area contributed by atoms with Crippen LogP contribution in [0, 0.1) is 5.92 Å². The molecule has 6 heteroatoms. The summed E-state index contributed by atoms with van der Waals surface area (Å²) in [6.45, 7) is 9.25. The fraction of sp³-hybridized carbons (Fsp3) is 0.281. The molecule has 1 aromatic heterocycles. The number of aromatic amines is 1. The van der Waals surface area contributed by atoms with Gasteiger partial charge < -0.3 is 10.2 Å². The Morgan fingerprint density at radius 1 is 0.868 bits per heavy atom. The molecule has 38 heavy (non-hydrogen) atoms. The molecule has 0 unspecified atom stereocenters. The molecule has 1 aliphatic heterocycles. The highest BCUT2D eigenvalue weighted by molar-refractivity contribution is 5.86. The Morgan fingerprint density at radius 3 is 2.37 bits per heavy atom. The van der Waals surface area contributed by atoms with E-state index in [-0.39, 0.29) is 6.04 Å². The number of nitrogens with zero attached hydrogens (tertiary/aromatic N) is 4. The lowest BCUT2D eigenvalue weighted by atomic mass is 9.88. The second-order valence-electron chi connectivity index (χ2n) is 9.66. The van der Waals surface area contributed by atoms with Crippen molar-refractivity contribution in [2.24, 2.45) is 5.92 Å². The normalized spacial score (nSPS) is 17.7. The summed E-state index contributed by atoms with van der Waals surface area (Å²) < 4.78 is 0. The van der Waals surface area contributed by atoms with Gasteiger partial charge in [-0.2, -0.15) is 5.21 Å². The average Bonchev–Trinajstić information content (AvgIpc) is 3.68. The quantitative estimate of drug-likeness (QED) is 0.261. The summed E-state index contributed by atoms with van der Waals surface area (Å²) in [7, 11) is 0. The van der Waals surface area contributed by atoms with Crippen LogP contribution in [-0.4, -0.2) is 40.3 Å². The van der Waals surface area contributed by atoms with E-state index >= 15 is 0 Å². The first-order valence-electron chi connectivity index (χ1n) is 13.6. The fourth-order valence-electron chi connectivity index (χ4n) is 5.54. The van der Waals surface area contributed by atoms with Crippen molar-refractivity contribution < 1.29 is 0 Å². The summed E-state index contributed by atoms with van der Waals surface area (Å²) >= 11 is 0. The van der Waals surface area contributed by atoms with Gasteiger partial charge in [0.2, 0.25) is 5.82 Å². The van der Waals surface area contributed by atoms with Crippen molar-refractivity contribution in [1.82, 2.24) is 25.9 Å². The van der Waals surface area contributed by atoms with Crippen molar-refractivity contribution in [2.45, 2.75) is 32.7 Å². The van der Waals surface area contributed by atoms with Crippen LogP contribution in [0.5, 0.6) is 0 Å². The zero-order chi connectivity index (χ0) is 26.3. The number of hydrogen-bond acceptors (Lipinski definition) is 5. The van der Waals surface area contributed by atoms with E-state index in [1.807, 2.05) is 13.8 Å². The third kappa shape index (κ3) is 5.46. The highest BCUT2D eigenvalue weighted by atomic mass is 15.5. The van der Waals surface area contributed by atoms with Crippen molar-refractivity contribution in [3.8, 4) is 11.4 Å². The molecule has 0 saturated carbocycles. The number of hydrogen-bond donors (Lipinski definition) is 2. The van der Waals surface area contributed by atoms with Crippen LogP contribution in [-0.2, 0) is 0 Å². The molecule has 4 aromatic carbocycles. The fourth-order valence-corrected chi connectivity index (χ4v) is 5.54. The van der Waals surface area contributed by atoms with Crippen LogP contribution in [0.25, 0.3) is 22.2 Å². The molecule has 0 spiro atoms. The summed E-state index contributed by atoms with van der Waals surface area (Å²) in [5.74, 6) is 1.59. The van der Waals surface area contributed by atoms with Gasteiger partial charge in [0.05, 0.1) is 0 Å². The molecule has 194 valence electrons. The Hall–Kier alpha value is -4.03. The zero-order valence-electron chi connectivity index (χ0n) is 22.4. The van der Waals surface area contributed by atoms with Gasteiger partial charge in [0, 0.05) is 42.8 Å². The maximum absolute atomic E-state index is 4.09. The maximum atomic E-state index is 4.09. The standard InChI is InChI=1S/C30H30N6.C2H6/c1-21(27-13-7-11-22-10-5-6-12-28(22)27)31-18-25-19-36(20-29(25)23-8-3-2-4-9-23)26-16-14-24(15-17-26)30-32-34-35-33-30;1-2/h2-17,21,25,29,31H,18-20H2,1H3,(H,32,33,34,35);1-2H3/t21-,25+,29-;/m1./s1. The topological polar surface area (TPSA) is 69.7 Å². The molecule has 3 atom stereocenters. The molecule has 1 fully saturated rings. The zero-order valence-corrected chi connectivity index (χ0v) is 22.4. The van der Waals surface area contributed by atoms with Gasteiger partial charge in [-0.25, -0.2) is 0 Å². The largest absolute Gasteiger partial charge is 0.371 e. The van der Waals surface area contributed by atoms with Crippen molar-refractivity contribution in [3.63, 3.8) is 0 Å². The highest BCUT2D eigenvalue weighted by Crippen LogP contribution is 2.36. The SMILES string of the molecule is CC.C[C@@H](NC[C@H]1CN(c2ccc(-c3nn[nH]n3)cc2)C[C@@H]1c1ccccc1)c1cccc2ccccc12. The lowest BCUT2D eigenvalue weighted by Gasteiger charge is -2.23. The molecule has 0 radical (unpaired) electrons. The van der Waals surface area contributed by atoms with Crippen LogP contribution in [0.3, 0.4) is 0 Å². The van der Waals surface area contributed by atoms with Crippen molar-refractivity contribution >= 4 is 16.5 Å². The number of nitrogens with one attached hydrogen (secondary N) is 2. The maximum Gasteiger partial charge on any atom is 0.204 e. The number of fused-ring (bicyclic) bond motifs is 1. The Bertz CT molecular complexity index is 1410. The first-order valence-corrected chi connectivity index (χ1v) is 13.6. The average molecular weight is 505 g/mol. The van der Waals surface area contributed by atoms with Crippen LogP contribution in [0.15, 0.2) is 97.1 Å². The summed E-state index contributed by atoms with van der Waals surface area (Å²) in [5.41, 5.74) is 4.96. The van der Waals surface area contributed by atoms with E-state index in [1.165, 1.54) is 27.6 Å². The van der Waals surface area contributed by atoms with Crippen LogP contribution in [0.4, 0.5) is 5.69 Å². The lowest BCUT2D eigenvalue weighted by Crippen LogP contribution is -2.30. The van der Waals surface area contributed by atoms with E-state index in [4.69, 9.17) is 0 Å². The highest BCUT2D eigenvalue weighted by Gasteiger charge is 2.34. The van der Waals surface area contributed by atoms with Crippen LogP contribution >= 0.6 is 0 Å². The summed E-state index contributed by atoms with van der Waals surface area (Å²) in [4.78, 5) is 2.51. The predicted octanol–water partition coefficient (Wildman–Crippen LogP) is 6.62. The number of rotatable bonds is 7. The third-order valence-electron chi connectivity index (χ3n) is 7.48. The molecule has 2 heterocycles. The van der Waals surface area contributed by atoms with Crippen LogP contribution in [0.1, 0.15) is 43.9 Å². The molecule has 1 saturated heterocycles. The van der Waals surface area contributed by atoms with Crippen LogP contribution < -0.4 is 10.2 Å². The minimum Gasteiger partial charge on any atom is -0.371 e. The molecule has 1 aliphatic rings. The summed E-state index contributed by atoms with van der Waals surface area (Å²) in [6, 6.07) is 35.0. The van der Waals surface area contributed by atoms with E-state index in [0.717, 1.165) is 25.2 Å². The monoisotopic (exact) mass is 504 g/mol. The smallest absolute Gasteiger partial charge is 0.204 e. The first-order chi connectivity index (χ1) is 18.8. The number of benzene rings is 4. The van der Waals surface area contributed by atoms with Gasteiger partial charge in [-0.15, -0.1) is 10.2 Å². The van der Waals surface area contributed by atoms with E-state index in [9.17, 15) is 0 Å². The van der Waals surface area contributed by atoms with E-state index < -0.39 is 0 Å². The number of anilines is 1. The Kier molecular flexibility index (Phi) is 8.09. The third-order valence-corrected chi connectivity index (χ3v) is 7.48. The van der Waals surface area contributed by atoms with Gasteiger partial charge >= 0.3 is 0 Å². The van der Waals surface area contributed by atoms with E-state index in [0.29, 0.717) is 17.7 Å². The minimum absolute atomic E-state index is 0.274. The minimum atomic E-state index is 0.274. The van der Waals surface area contributed by atoms with Crippen molar-refractivity contribution in [2.75, 3.05) is 24.5 Å². The van der Waals surface area contributed by atoms with Crippen molar-refractivity contribution in [3.05, 3.63) is 108 Å². The molecule has 6 nitrogen and oxygen atoms in total. The van der Waals surface area contributed by atoms with Gasteiger partial charge in [0.25, 0.3) is 0 Å². The van der Waals surface area contributed by atoms with Crippen molar-refractivity contribution in [1.29, 1.82) is 0 Å². The molecule has 6 rings (SSSR count). The molecule has 0 amide bonds. The molecule has 0 bridgehead atoms. The second kappa shape index (κ2) is 12.0. The lowest BCUT2D eigenvalue weighted by molar-refractivity contribution is 0.441. The summed E-state index contributed by atoms with van der Waals surface area (Å²) in [5, 5.41) is 20.9. The number of tetrazole rings is 1. The van der Waals surface area contributed by atoms with Gasteiger partial charge in [0.1, 0.15) is 0 Å². The van der Waals surface area contributed by atoms with Gasteiger partial charge in [-0.1, -0.05) is 86.6 Å². The predicted molar refractivity (Wildman–Crippen MR) is 156 cm³/mol. The number of aromatic nitrogens is 4. The molecule has 5 aromatic rings. The molecule has 0 aliphatic carbocycles. The molecule has 2 N–H and O–H groups in total. The Morgan fingerprint density at radius 2 is 1.61 bits per heavy atom. The molecular weight excluding hydrogens is 468 g/mol. The molecular formula is C32H36N6. The van der Waals surface area contributed by atoms with Gasteiger partial charge in [0.15, 0.2) is 0 Å². The Balaban J connectivity index is 0.00000144. The van der Waals surface area contributed by atoms with Gasteiger partial charge in [-0.3, -0.25) is 0 Å². The van der Waals surface area contributed by atoms with E-state index in [1.54, 1.807) is 0 Å². The Labute approximate surface area is 225 Å². The summed E-state index contributed by atoms with van der Waals surface area (Å²) in [6.07, 6.45) is 0. The second-order valence-corrected chi connectivity index (χ2v) is 9.66. The first kappa shape index (κ1) is 25.6. The van der Waals surface area contributed by atoms with Crippen LogP contribution in [0.2, 0.25) is 0 Å². The van der Waals surface area contributed by atoms with Gasteiger partial charge in [-0.05, 0) is 64.2 Å². The van der Waals surface area contributed by atoms with E-state index in [2.05, 4.69) is 135 Å².